The van der Waals surface area contributed by atoms with Crippen molar-refractivity contribution in [1.82, 2.24) is 5.32 Å². The second-order valence-electron chi connectivity index (χ2n) is 4.92. The number of hydrogen-bond acceptors (Lipinski definition) is 5. The van der Waals surface area contributed by atoms with Gasteiger partial charge in [0.05, 0.1) is 10.3 Å². The van der Waals surface area contributed by atoms with Crippen molar-refractivity contribution in [2.24, 2.45) is 0 Å². The van der Waals surface area contributed by atoms with Crippen LogP contribution in [0.2, 0.25) is 0 Å². The minimum Gasteiger partial charge on any atom is -0.508 e. The summed E-state index contributed by atoms with van der Waals surface area (Å²) in [4.78, 5) is 11.8. The van der Waals surface area contributed by atoms with Gasteiger partial charge in [-0.3, -0.25) is 4.79 Å². The summed E-state index contributed by atoms with van der Waals surface area (Å²) >= 11 is 0. The van der Waals surface area contributed by atoms with Gasteiger partial charge in [0.2, 0.25) is 0 Å². The van der Waals surface area contributed by atoms with Crippen LogP contribution in [0.4, 0.5) is 0 Å². The average molecular weight is 287 g/mol. The van der Waals surface area contributed by atoms with Gasteiger partial charge in [0, 0.05) is 12.8 Å². The molecule has 0 aliphatic heterocycles. The number of phenols is 2. The highest BCUT2D eigenvalue weighted by Crippen LogP contribution is 2.22. The Morgan fingerprint density at radius 1 is 1.32 bits per heavy atom. The lowest BCUT2D eigenvalue weighted by Crippen LogP contribution is -2.43. The van der Waals surface area contributed by atoms with E-state index >= 15 is 0 Å². The van der Waals surface area contributed by atoms with E-state index in [2.05, 4.69) is 5.32 Å². The van der Waals surface area contributed by atoms with Crippen molar-refractivity contribution in [3.8, 4) is 11.5 Å². The van der Waals surface area contributed by atoms with Crippen molar-refractivity contribution in [3.63, 3.8) is 0 Å². The van der Waals surface area contributed by atoms with Crippen molar-refractivity contribution in [3.05, 3.63) is 23.8 Å². The maximum atomic E-state index is 11.8. The van der Waals surface area contributed by atoms with Gasteiger partial charge in [0.15, 0.2) is 9.84 Å². The van der Waals surface area contributed by atoms with Crippen LogP contribution in [0.3, 0.4) is 0 Å². The molecule has 6 nitrogen and oxygen atoms in total. The van der Waals surface area contributed by atoms with Crippen LogP contribution in [0.25, 0.3) is 0 Å². The SMILES string of the molecule is CC(C)(CNC(=O)c1cc(O)ccc1O)S(C)(=O)=O. The molecule has 0 spiro atoms. The zero-order valence-electron chi connectivity index (χ0n) is 11.0. The number of aromatic hydroxyl groups is 2. The van der Waals surface area contributed by atoms with Gasteiger partial charge in [-0.15, -0.1) is 0 Å². The summed E-state index contributed by atoms with van der Waals surface area (Å²) in [5, 5.41) is 21.2. The summed E-state index contributed by atoms with van der Waals surface area (Å²) in [5.41, 5.74) is -0.107. The second-order valence-corrected chi connectivity index (χ2v) is 7.57. The Kier molecular flexibility index (Phi) is 4.09. The van der Waals surface area contributed by atoms with Gasteiger partial charge in [0.25, 0.3) is 5.91 Å². The molecule has 0 saturated heterocycles. The third-order valence-corrected chi connectivity index (χ3v) is 5.06. The number of carbonyl (C=O) groups excluding carboxylic acids is 1. The monoisotopic (exact) mass is 287 g/mol. The van der Waals surface area contributed by atoms with Gasteiger partial charge in [-0.2, -0.15) is 0 Å². The van der Waals surface area contributed by atoms with Gasteiger partial charge in [-0.1, -0.05) is 0 Å². The molecule has 1 aromatic carbocycles. The van der Waals surface area contributed by atoms with Crippen molar-refractivity contribution in [2.45, 2.75) is 18.6 Å². The molecule has 19 heavy (non-hydrogen) atoms. The summed E-state index contributed by atoms with van der Waals surface area (Å²) in [6.45, 7) is 2.88. The number of nitrogens with one attached hydrogen (secondary N) is 1. The van der Waals surface area contributed by atoms with Crippen molar-refractivity contribution in [1.29, 1.82) is 0 Å². The highest BCUT2D eigenvalue weighted by molar-refractivity contribution is 7.92. The number of rotatable bonds is 4. The van der Waals surface area contributed by atoms with Crippen molar-refractivity contribution in [2.75, 3.05) is 12.8 Å². The van der Waals surface area contributed by atoms with Crippen LogP contribution in [-0.2, 0) is 9.84 Å². The fourth-order valence-corrected chi connectivity index (χ4v) is 1.56. The third kappa shape index (κ3) is 3.60. The van der Waals surface area contributed by atoms with E-state index in [0.717, 1.165) is 12.3 Å². The van der Waals surface area contributed by atoms with E-state index < -0.39 is 20.5 Å². The number of carbonyl (C=O) groups is 1. The smallest absolute Gasteiger partial charge is 0.255 e. The standard InChI is InChI=1S/C12H17NO5S/c1-12(2,19(3,17)18)7-13-11(16)9-6-8(14)4-5-10(9)15/h4-6,14-15H,7H2,1-3H3,(H,13,16). The van der Waals surface area contributed by atoms with Crippen LogP contribution in [-0.4, -0.2) is 42.1 Å². The van der Waals surface area contributed by atoms with Crippen LogP contribution in [0.5, 0.6) is 11.5 Å². The molecule has 0 aliphatic carbocycles. The third-order valence-electron chi connectivity index (χ3n) is 2.90. The zero-order chi connectivity index (χ0) is 14.8. The molecule has 0 radical (unpaired) electrons. The molecular formula is C12H17NO5S. The topological polar surface area (TPSA) is 104 Å². The molecule has 106 valence electrons. The Hall–Kier alpha value is -1.76. The summed E-state index contributed by atoms with van der Waals surface area (Å²) in [6, 6.07) is 3.54. The van der Waals surface area contributed by atoms with Crippen LogP contribution >= 0.6 is 0 Å². The molecule has 0 heterocycles. The van der Waals surface area contributed by atoms with Crippen LogP contribution in [0, 0.1) is 0 Å². The summed E-state index contributed by atoms with van der Waals surface area (Å²) in [6.07, 6.45) is 1.09. The first-order chi connectivity index (χ1) is 8.54. The van der Waals surface area contributed by atoms with E-state index in [1.54, 1.807) is 0 Å². The van der Waals surface area contributed by atoms with Gasteiger partial charge in [0.1, 0.15) is 11.5 Å². The molecule has 1 rings (SSSR count). The maximum Gasteiger partial charge on any atom is 0.255 e. The second kappa shape index (κ2) is 5.08. The Balaban J connectivity index is 2.85. The Labute approximate surface area is 112 Å². The molecule has 0 fully saturated rings. The fraction of sp³-hybridized carbons (Fsp3) is 0.417. The van der Waals surface area contributed by atoms with E-state index in [4.69, 9.17) is 0 Å². The number of hydrogen-bond donors (Lipinski definition) is 3. The molecule has 0 unspecified atom stereocenters. The van der Waals surface area contributed by atoms with E-state index in [0.29, 0.717) is 0 Å². The first kappa shape index (κ1) is 15.3. The lowest BCUT2D eigenvalue weighted by atomic mass is 10.1. The van der Waals surface area contributed by atoms with Gasteiger partial charge >= 0.3 is 0 Å². The largest absolute Gasteiger partial charge is 0.508 e. The lowest BCUT2D eigenvalue weighted by molar-refractivity contribution is 0.0947. The molecular weight excluding hydrogens is 270 g/mol. The van der Waals surface area contributed by atoms with E-state index in [9.17, 15) is 23.4 Å². The summed E-state index contributed by atoms with van der Waals surface area (Å²) in [7, 11) is -3.33. The van der Waals surface area contributed by atoms with E-state index in [1.807, 2.05) is 0 Å². The Bertz CT molecular complexity index is 592. The number of benzene rings is 1. The predicted molar refractivity (Wildman–Crippen MR) is 71.0 cm³/mol. The highest BCUT2D eigenvalue weighted by Gasteiger charge is 2.30. The fourth-order valence-electron chi connectivity index (χ4n) is 1.23. The average Bonchev–Trinajstić information content (AvgIpc) is 2.28. The minimum absolute atomic E-state index is 0.0975. The Morgan fingerprint density at radius 2 is 1.89 bits per heavy atom. The maximum absolute atomic E-state index is 11.8. The van der Waals surface area contributed by atoms with Gasteiger partial charge in [-0.25, -0.2) is 8.42 Å². The predicted octanol–water partition coefficient (Wildman–Crippen LogP) is 0.651. The molecule has 0 aromatic heterocycles. The Morgan fingerprint density at radius 3 is 2.42 bits per heavy atom. The quantitative estimate of drug-likeness (QED) is 0.705. The summed E-state index contributed by atoms with van der Waals surface area (Å²) < 4.78 is 21.8. The molecule has 0 bridgehead atoms. The van der Waals surface area contributed by atoms with Gasteiger partial charge in [-0.05, 0) is 32.0 Å². The number of amides is 1. The minimum atomic E-state index is -3.33. The zero-order valence-corrected chi connectivity index (χ0v) is 11.8. The normalized spacial score (nSPS) is 12.2. The molecule has 0 saturated carbocycles. The lowest BCUT2D eigenvalue weighted by Gasteiger charge is -2.22. The van der Waals surface area contributed by atoms with Gasteiger partial charge < -0.3 is 15.5 Å². The first-order valence-electron chi connectivity index (χ1n) is 5.54. The number of sulfone groups is 1. The van der Waals surface area contributed by atoms with Crippen LogP contribution < -0.4 is 5.32 Å². The van der Waals surface area contributed by atoms with E-state index in [-0.39, 0.29) is 23.6 Å². The molecule has 1 amide bonds. The van der Waals surface area contributed by atoms with Crippen molar-refractivity contribution >= 4 is 15.7 Å². The first-order valence-corrected chi connectivity index (χ1v) is 7.43. The van der Waals surface area contributed by atoms with Crippen molar-refractivity contribution < 1.29 is 23.4 Å². The summed E-state index contributed by atoms with van der Waals surface area (Å²) in [5.74, 6) is -1.09. The molecule has 0 aliphatic rings. The van der Waals surface area contributed by atoms with Crippen LogP contribution in [0.15, 0.2) is 18.2 Å². The molecule has 0 atom stereocenters. The molecule has 7 heteroatoms. The highest BCUT2D eigenvalue weighted by atomic mass is 32.2. The molecule has 1 aromatic rings. The number of phenolic OH excluding ortho intramolecular Hbond substituents is 2. The van der Waals surface area contributed by atoms with Crippen LogP contribution in [0.1, 0.15) is 24.2 Å². The van der Waals surface area contributed by atoms with E-state index in [1.165, 1.54) is 26.0 Å². The molecule has 3 N–H and O–H groups in total.